The number of esters is 1. The molecule has 11 nitrogen and oxygen atoms in total. The number of anilines is 1. The molecule has 2 aromatic rings. The molecule has 0 aliphatic carbocycles. The second kappa shape index (κ2) is 10.8. The van der Waals surface area contributed by atoms with Gasteiger partial charge in [0.1, 0.15) is 5.56 Å². The normalized spacial score (nSPS) is 10.1. The van der Waals surface area contributed by atoms with Crippen molar-refractivity contribution >= 4 is 29.3 Å². The summed E-state index contributed by atoms with van der Waals surface area (Å²) in [6.45, 7) is 4.78. The third-order valence-corrected chi connectivity index (χ3v) is 4.22. The number of carbonyl (C=O) groups excluding carboxylic acids is 3. The highest BCUT2D eigenvalue weighted by Gasteiger charge is 2.26. The third-order valence-electron chi connectivity index (χ3n) is 4.22. The maximum absolute atomic E-state index is 12.4. The fraction of sp³-hybridized carbons (Fsp3) is 0.286. The molecule has 0 saturated carbocycles. The van der Waals surface area contributed by atoms with Gasteiger partial charge in [0.15, 0.2) is 18.1 Å². The molecule has 2 N–H and O–H groups in total. The van der Waals surface area contributed by atoms with Gasteiger partial charge in [-0.15, -0.1) is 0 Å². The van der Waals surface area contributed by atoms with E-state index in [0.29, 0.717) is 5.69 Å². The summed E-state index contributed by atoms with van der Waals surface area (Å²) in [6.07, 6.45) is 0. The van der Waals surface area contributed by atoms with Crippen molar-refractivity contribution in [3.05, 3.63) is 57.1 Å². The molecule has 170 valence electrons. The lowest BCUT2D eigenvalue weighted by atomic mass is 10.1. The van der Waals surface area contributed by atoms with Gasteiger partial charge < -0.3 is 19.5 Å². The molecular formula is C21H23N3O8. The lowest BCUT2D eigenvalue weighted by molar-refractivity contribution is -0.385. The number of carbonyl (C=O) groups is 3. The fourth-order valence-corrected chi connectivity index (χ4v) is 2.77. The third kappa shape index (κ3) is 6.17. The van der Waals surface area contributed by atoms with Gasteiger partial charge in [-0.25, -0.2) is 9.59 Å². The van der Waals surface area contributed by atoms with Gasteiger partial charge in [-0.05, 0) is 32.4 Å². The number of nitrogens with one attached hydrogen (secondary N) is 2. The molecule has 0 atom stereocenters. The summed E-state index contributed by atoms with van der Waals surface area (Å²) in [5.41, 5.74) is 1.32. The Morgan fingerprint density at radius 3 is 2.41 bits per heavy atom. The summed E-state index contributed by atoms with van der Waals surface area (Å²) in [6, 6.07) is 6.66. The minimum atomic E-state index is -1.13. The number of benzene rings is 2. The summed E-state index contributed by atoms with van der Waals surface area (Å²) >= 11 is 0. The number of nitro benzene ring substituents is 1. The van der Waals surface area contributed by atoms with Gasteiger partial charge in [-0.3, -0.25) is 20.2 Å². The maximum Gasteiger partial charge on any atom is 0.345 e. The van der Waals surface area contributed by atoms with Crippen molar-refractivity contribution in [3.8, 4) is 11.5 Å². The molecule has 0 aliphatic rings. The molecular weight excluding hydrogens is 422 g/mol. The Kier molecular flexibility index (Phi) is 8.11. The van der Waals surface area contributed by atoms with Crippen LogP contribution in [0.2, 0.25) is 0 Å². The molecule has 0 aliphatic heterocycles. The highest BCUT2D eigenvalue weighted by molar-refractivity contribution is 6.03. The predicted octanol–water partition coefficient (Wildman–Crippen LogP) is 3.12. The van der Waals surface area contributed by atoms with Crippen molar-refractivity contribution in [2.45, 2.75) is 20.8 Å². The number of ether oxygens (including phenoxy) is 3. The molecule has 0 heterocycles. The van der Waals surface area contributed by atoms with Crippen LogP contribution in [-0.2, 0) is 9.53 Å². The molecule has 0 aromatic heterocycles. The zero-order valence-corrected chi connectivity index (χ0v) is 18.0. The molecule has 0 saturated heterocycles. The predicted molar refractivity (Wildman–Crippen MR) is 114 cm³/mol. The van der Waals surface area contributed by atoms with Gasteiger partial charge in [-0.1, -0.05) is 17.7 Å². The number of nitro groups is 1. The lowest BCUT2D eigenvalue weighted by Crippen LogP contribution is -2.37. The lowest BCUT2D eigenvalue weighted by Gasteiger charge is -2.12. The Balaban J connectivity index is 2.04. The van der Waals surface area contributed by atoms with E-state index in [1.807, 2.05) is 18.3 Å². The van der Waals surface area contributed by atoms with Crippen LogP contribution in [0.5, 0.6) is 11.5 Å². The molecule has 2 aromatic carbocycles. The quantitative estimate of drug-likeness (QED) is 0.358. The van der Waals surface area contributed by atoms with Crippen LogP contribution in [-0.4, -0.2) is 43.2 Å². The van der Waals surface area contributed by atoms with Crippen molar-refractivity contribution in [1.82, 2.24) is 5.32 Å². The number of urea groups is 1. The molecule has 0 fully saturated rings. The number of rotatable bonds is 8. The van der Waals surface area contributed by atoms with E-state index in [0.717, 1.165) is 23.3 Å². The van der Waals surface area contributed by atoms with Crippen LogP contribution in [0.15, 0.2) is 30.3 Å². The SMILES string of the molecule is CCOc1cc(C(=O)OCC(=O)NC(=O)Nc2ccc(C)cc2C)c([N+](=O)[O-])cc1OC. The van der Waals surface area contributed by atoms with Crippen LogP contribution in [0, 0.1) is 24.0 Å². The van der Waals surface area contributed by atoms with Gasteiger partial charge in [0.2, 0.25) is 0 Å². The number of methoxy groups -OCH3 is 1. The largest absolute Gasteiger partial charge is 0.493 e. The second-order valence-corrected chi connectivity index (χ2v) is 6.61. The van der Waals surface area contributed by atoms with Crippen molar-refractivity contribution in [3.63, 3.8) is 0 Å². The van der Waals surface area contributed by atoms with E-state index in [1.54, 1.807) is 26.0 Å². The van der Waals surface area contributed by atoms with E-state index in [4.69, 9.17) is 14.2 Å². The summed E-state index contributed by atoms with van der Waals surface area (Å²) in [4.78, 5) is 46.9. The molecule has 32 heavy (non-hydrogen) atoms. The summed E-state index contributed by atoms with van der Waals surface area (Å²) in [7, 11) is 1.30. The van der Waals surface area contributed by atoms with Gasteiger partial charge in [0, 0.05) is 11.8 Å². The first-order valence-corrected chi connectivity index (χ1v) is 9.50. The van der Waals surface area contributed by atoms with Gasteiger partial charge in [-0.2, -0.15) is 0 Å². The Morgan fingerprint density at radius 2 is 1.81 bits per heavy atom. The maximum atomic E-state index is 12.4. The van der Waals surface area contributed by atoms with Crippen molar-refractivity contribution in [1.29, 1.82) is 0 Å². The zero-order valence-electron chi connectivity index (χ0n) is 18.0. The van der Waals surface area contributed by atoms with Crippen LogP contribution < -0.4 is 20.1 Å². The molecule has 0 radical (unpaired) electrons. The molecule has 11 heteroatoms. The fourth-order valence-electron chi connectivity index (χ4n) is 2.77. The highest BCUT2D eigenvalue weighted by atomic mass is 16.6. The van der Waals surface area contributed by atoms with Crippen molar-refractivity contribution in [2.75, 3.05) is 25.6 Å². The van der Waals surface area contributed by atoms with Gasteiger partial charge in [0.05, 0.1) is 24.7 Å². The van der Waals surface area contributed by atoms with E-state index in [-0.39, 0.29) is 18.1 Å². The average molecular weight is 445 g/mol. The van der Waals surface area contributed by atoms with Gasteiger partial charge in [0.25, 0.3) is 11.6 Å². The smallest absolute Gasteiger partial charge is 0.345 e. The highest BCUT2D eigenvalue weighted by Crippen LogP contribution is 2.35. The van der Waals surface area contributed by atoms with Gasteiger partial charge >= 0.3 is 12.0 Å². The first-order valence-electron chi connectivity index (χ1n) is 9.50. The first-order chi connectivity index (χ1) is 15.2. The van der Waals surface area contributed by atoms with Crippen LogP contribution >= 0.6 is 0 Å². The topological polar surface area (TPSA) is 146 Å². The van der Waals surface area contributed by atoms with Crippen molar-refractivity contribution in [2.24, 2.45) is 0 Å². The Morgan fingerprint density at radius 1 is 1.09 bits per heavy atom. The van der Waals surface area contributed by atoms with Crippen molar-refractivity contribution < 1.29 is 33.5 Å². The first kappa shape index (κ1) is 24.1. The summed E-state index contributed by atoms with van der Waals surface area (Å²) in [5.74, 6) is -1.88. The van der Waals surface area contributed by atoms with E-state index in [2.05, 4.69) is 5.32 Å². The van der Waals surface area contributed by atoms with Crippen LogP contribution in [0.25, 0.3) is 0 Å². The van der Waals surface area contributed by atoms with Crippen LogP contribution in [0.1, 0.15) is 28.4 Å². The number of nitrogens with zero attached hydrogens (tertiary/aromatic N) is 1. The van der Waals surface area contributed by atoms with E-state index in [1.165, 1.54) is 7.11 Å². The molecule has 0 spiro atoms. The van der Waals surface area contributed by atoms with Crippen LogP contribution in [0.3, 0.4) is 0 Å². The number of amides is 3. The number of aryl methyl sites for hydroxylation is 2. The molecule has 0 unspecified atom stereocenters. The standard InChI is InChI=1S/C21H23N3O8/c1-5-31-18-9-14(16(24(28)29)10-17(18)30-4)20(26)32-11-19(25)23-21(27)22-15-7-6-12(2)8-13(15)3/h6-10H,5,11H2,1-4H3,(H2,22,23,25,27). The Labute approximate surface area is 183 Å². The average Bonchev–Trinajstić information content (AvgIpc) is 2.73. The molecule has 3 amide bonds. The Hall–Kier alpha value is -4.15. The summed E-state index contributed by atoms with van der Waals surface area (Å²) in [5, 5.41) is 15.9. The van der Waals surface area contributed by atoms with E-state index >= 15 is 0 Å². The summed E-state index contributed by atoms with van der Waals surface area (Å²) < 4.78 is 15.2. The van der Waals surface area contributed by atoms with E-state index < -0.39 is 40.7 Å². The minimum absolute atomic E-state index is 0.0657. The zero-order chi connectivity index (χ0) is 23.8. The Bertz CT molecular complexity index is 1050. The number of imide groups is 1. The minimum Gasteiger partial charge on any atom is -0.493 e. The monoisotopic (exact) mass is 445 g/mol. The number of hydrogen-bond donors (Lipinski definition) is 2. The second-order valence-electron chi connectivity index (χ2n) is 6.61. The molecule has 2 rings (SSSR count). The van der Waals surface area contributed by atoms with E-state index in [9.17, 15) is 24.5 Å². The number of hydrogen-bond acceptors (Lipinski definition) is 8. The van der Waals surface area contributed by atoms with Crippen LogP contribution in [0.4, 0.5) is 16.2 Å². The molecule has 0 bridgehead atoms.